The second-order valence-corrected chi connectivity index (χ2v) is 8.13. The molecule has 146 valence electrons. The van der Waals surface area contributed by atoms with Crippen molar-refractivity contribution < 1.29 is 21.6 Å². The lowest BCUT2D eigenvalue weighted by atomic mass is 10.1. The van der Waals surface area contributed by atoms with Crippen LogP contribution in [0.4, 0.5) is 20.2 Å². The van der Waals surface area contributed by atoms with Gasteiger partial charge in [0, 0.05) is 18.5 Å². The summed E-state index contributed by atoms with van der Waals surface area (Å²) in [4.78, 5) is 13.6. The fourth-order valence-electron chi connectivity index (χ4n) is 3.37. The summed E-state index contributed by atoms with van der Waals surface area (Å²) in [6.07, 6.45) is 1.78. The van der Waals surface area contributed by atoms with Crippen LogP contribution in [0, 0.1) is 11.6 Å². The first-order chi connectivity index (χ1) is 13.4. The van der Waals surface area contributed by atoms with Crippen molar-refractivity contribution in [3.63, 3.8) is 0 Å². The number of nitrogens with one attached hydrogen (secondary N) is 1. The molecule has 1 aromatic heterocycles. The fourth-order valence-corrected chi connectivity index (χ4v) is 4.52. The lowest BCUT2D eigenvalue weighted by molar-refractivity contribution is 0.553. The molecular formula is C19H16F2N2O4S. The molecule has 0 amide bonds. The highest BCUT2D eigenvalue weighted by molar-refractivity contribution is 7.92. The number of rotatable bonds is 4. The first-order valence-electron chi connectivity index (χ1n) is 8.65. The molecule has 1 saturated heterocycles. The number of halogens is 2. The molecule has 0 saturated carbocycles. The normalized spacial score (nSPS) is 14.6. The number of benzene rings is 2. The van der Waals surface area contributed by atoms with Crippen molar-refractivity contribution >= 4 is 32.4 Å². The first kappa shape index (κ1) is 18.4. The van der Waals surface area contributed by atoms with E-state index in [0.29, 0.717) is 41.9 Å². The van der Waals surface area contributed by atoms with Gasteiger partial charge in [-0.1, -0.05) is 12.1 Å². The SMILES string of the molecule is O=c1oc2ccccc2c(N2CCCC2)c1NS(=O)(=O)c1cc(F)ccc1F. The fraction of sp³-hybridized carbons (Fsp3) is 0.211. The monoisotopic (exact) mass is 406 g/mol. The van der Waals surface area contributed by atoms with Crippen LogP contribution in [0.2, 0.25) is 0 Å². The number of nitrogens with zero attached hydrogens (tertiary/aromatic N) is 1. The Balaban J connectivity index is 1.91. The van der Waals surface area contributed by atoms with Gasteiger partial charge in [-0.05, 0) is 43.2 Å². The Morgan fingerprint density at radius 2 is 1.75 bits per heavy atom. The molecule has 1 aliphatic rings. The molecule has 1 aliphatic heterocycles. The highest BCUT2D eigenvalue weighted by Gasteiger charge is 2.28. The average Bonchev–Trinajstić information content (AvgIpc) is 3.18. The van der Waals surface area contributed by atoms with Gasteiger partial charge in [0.25, 0.3) is 10.0 Å². The molecule has 2 heterocycles. The third kappa shape index (κ3) is 3.22. The van der Waals surface area contributed by atoms with Gasteiger partial charge in [-0.2, -0.15) is 0 Å². The quantitative estimate of drug-likeness (QED) is 0.671. The summed E-state index contributed by atoms with van der Waals surface area (Å²) in [5, 5.41) is 0.557. The highest BCUT2D eigenvalue weighted by atomic mass is 32.2. The predicted octanol–water partition coefficient (Wildman–Crippen LogP) is 3.47. The van der Waals surface area contributed by atoms with E-state index in [2.05, 4.69) is 4.72 Å². The van der Waals surface area contributed by atoms with Crippen LogP contribution >= 0.6 is 0 Å². The number of fused-ring (bicyclic) bond motifs is 1. The van der Waals surface area contributed by atoms with Gasteiger partial charge in [-0.25, -0.2) is 22.0 Å². The number of hydrogen-bond donors (Lipinski definition) is 1. The minimum absolute atomic E-state index is 0.314. The Morgan fingerprint density at radius 1 is 1.04 bits per heavy atom. The van der Waals surface area contributed by atoms with E-state index < -0.39 is 32.2 Å². The second-order valence-electron chi connectivity index (χ2n) is 6.48. The average molecular weight is 406 g/mol. The minimum atomic E-state index is -4.56. The Bertz CT molecular complexity index is 1220. The van der Waals surface area contributed by atoms with Gasteiger partial charge in [-0.15, -0.1) is 0 Å². The van der Waals surface area contributed by atoms with Gasteiger partial charge in [0.1, 0.15) is 22.1 Å². The lowest BCUT2D eigenvalue weighted by Gasteiger charge is -2.22. The van der Waals surface area contributed by atoms with Crippen molar-refractivity contribution in [3.8, 4) is 0 Å². The molecule has 2 aromatic carbocycles. The molecule has 1 fully saturated rings. The standard InChI is InChI=1S/C19H16F2N2O4S/c20-12-7-8-14(21)16(11-12)28(25,26)22-17-18(23-9-3-4-10-23)13-5-1-2-6-15(13)27-19(17)24/h1-2,5-8,11,22H,3-4,9-10H2. The van der Waals surface area contributed by atoms with E-state index in [1.807, 2.05) is 4.90 Å². The van der Waals surface area contributed by atoms with Crippen LogP contribution in [0.25, 0.3) is 11.0 Å². The summed E-state index contributed by atoms with van der Waals surface area (Å²) in [7, 11) is -4.56. The molecule has 0 bridgehead atoms. The van der Waals surface area contributed by atoms with Crippen molar-refractivity contribution in [1.82, 2.24) is 0 Å². The maximum absolute atomic E-state index is 14.0. The molecular weight excluding hydrogens is 390 g/mol. The molecule has 0 aliphatic carbocycles. The summed E-state index contributed by atoms with van der Waals surface area (Å²) in [5.41, 5.74) is -0.524. The Hall–Kier alpha value is -2.94. The zero-order chi connectivity index (χ0) is 19.9. The number of para-hydroxylation sites is 1. The van der Waals surface area contributed by atoms with Gasteiger partial charge < -0.3 is 9.32 Å². The zero-order valence-corrected chi connectivity index (χ0v) is 15.4. The molecule has 0 spiro atoms. The first-order valence-corrected chi connectivity index (χ1v) is 10.1. The van der Waals surface area contributed by atoms with Gasteiger partial charge in [0.15, 0.2) is 5.69 Å². The number of anilines is 2. The molecule has 3 aromatic rings. The predicted molar refractivity (Wildman–Crippen MR) is 101 cm³/mol. The van der Waals surface area contributed by atoms with E-state index in [1.165, 1.54) is 0 Å². The maximum Gasteiger partial charge on any atom is 0.363 e. The van der Waals surface area contributed by atoms with Gasteiger partial charge in [0.05, 0.1) is 5.69 Å². The molecule has 9 heteroatoms. The van der Waals surface area contributed by atoms with E-state index in [4.69, 9.17) is 4.42 Å². The van der Waals surface area contributed by atoms with Crippen molar-refractivity contribution in [1.29, 1.82) is 0 Å². The summed E-state index contributed by atoms with van der Waals surface area (Å²) in [6.45, 7) is 1.27. The van der Waals surface area contributed by atoms with E-state index in [1.54, 1.807) is 24.3 Å². The van der Waals surface area contributed by atoms with E-state index in [9.17, 15) is 22.0 Å². The Labute approximate surface area is 159 Å². The minimum Gasteiger partial charge on any atom is -0.421 e. The topological polar surface area (TPSA) is 79.6 Å². The molecule has 0 atom stereocenters. The van der Waals surface area contributed by atoms with Crippen molar-refractivity contribution in [3.05, 3.63) is 64.5 Å². The van der Waals surface area contributed by atoms with Crippen molar-refractivity contribution in [2.45, 2.75) is 17.7 Å². The Morgan fingerprint density at radius 3 is 2.50 bits per heavy atom. The second kappa shape index (κ2) is 6.90. The van der Waals surface area contributed by atoms with Crippen LogP contribution in [-0.4, -0.2) is 21.5 Å². The van der Waals surface area contributed by atoms with E-state index in [0.717, 1.165) is 18.9 Å². The zero-order valence-electron chi connectivity index (χ0n) is 14.6. The van der Waals surface area contributed by atoms with Crippen LogP contribution in [0.1, 0.15) is 12.8 Å². The highest BCUT2D eigenvalue weighted by Crippen LogP contribution is 2.35. The lowest BCUT2D eigenvalue weighted by Crippen LogP contribution is -2.26. The third-order valence-electron chi connectivity index (χ3n) is 4.63. The molecule has 4 rings (SSSR count). The van der Waals surface area contributed by atoms with Crippen LogP contribution in [-0.2, 0) is 10.0 Å². The van der Waals surface area contributed by atoms with Gasteiger partial charge in [-0.3, -0.25) is 4.72 Å². The molecule has 1 N–H and O–H groups in total. The Kier molecular flexibility index (Phi) is 4.54. The molecule has 6 nitrogen and oxygen atoms in total. The third-order valence-corrected chi connectivity index (χ3v) is 5.99. The number of hydrogen-bond acceptors (Lipinski definition) is 5. The van der Waals surface area contributed by atoms with Gasteiger partial charge in [0.2, 0.25) is 0 Å². The smallest absolute Gasteiger partial charge is 0.363 e. The summed E-state index contributed by atoms with van der Waals surface area (Å²) in [6, 6.07) is 8.86. The largest absolute Gasteiger partial charge is 0.421 e. The van der Waals surface area contributed by atoms with Crippen LogP contribution < -0.4 is 15.2 Å². The van der Waals surface area contributed by atoms with Crippen molar-refractivity contribution in [2.24, 2.45) is 0 Å². The van der Waals surface area contributed by atoms with Crippen molar-refractivity contribution in [2.75, 3.05) is 22.7 Å². The molecule has 28 heavy (non-hydrogen) atoms. The summed E-state index contributed by atoms with van der Waals surface area (Å²) < 4.78 is 60.3. The summed E-state index contributed by atoms with van der Waals surface area (Å²) in [5.74, 6) is -2.03. The maximum atomic E-state index is 14.0. The van der Waals surface area contributed by atoms with Crippen LogP contribution in [0.15, 0.2) is 56.6 Å². The molecule has 0 radical (unpaired) electrons. The van der Waals surface area contributed by atoms with E-state index in [-0.39, 0.29) is 5.69 Å². The number of sulfonamides is 1. The summed E-state index contributed by atoms with van der Waals surface area (Å²) >= 11 is 0. The molecule has 0 unspecified atom stereocenters. The van der Waals surface area contributed by atoms with Crippen LogP contribution in [0.3, 0.4) is 0 Å². The van der Waals surface area contributed by atoms with Crippen LogP contribution in [0.5, 0.6) is 0 Å². The van der Waals surface area contributed by atoms with Gasteiger partial charge >= 0.3 is 5.63 Å². The van der Waals surface area contributed by atoms with E-state index >= 15 is 0 Å².